The molecule has 1 saturated heterocycles. The van der Waals surface area contributed by atoms with E-state index in [9.17, 15) is 14.4 Å². The van der Waals surface area contributed by atoms with E-state index in [1.165, 1.54) is 0 Å². The molecule has 1 aromatic carbocycles. The van der Waals surface area contributed by atoms with Crippen molar-refractivity contribution < 1.29 is 9.59 Å². The number of piperidine rings is 1. The first-order chi connectivity index (χ1) is 15.4. The Balaban J connectivity index is 1.47. The molecule has 3 amide bonds. The normalized spacial score (nSPS) is 21.3. The van der Waals surface area contributed by atoms with Crippen molar-refractivity contribution in [3.63, 3.8) is 0 Å². The highest BCUT2D eigenvalue weighted by molar-refractivity contribution is 6.30. The van der Waals surface area contributed by atoms with Crippen LogP contribution in [0.25, 0.3) is 0 Å². The lowest BCUT2D eigenvalue weighted by Gasteiger charge is -2.43. The predicted molar refractivity (Wildman–Crippen MR) is 125 cm³/mol. The van der Waals surface area contributed by atoms with Crippen molar-refractivity contribution in [2.45, 2.75) is 45.2 Å². The molecule has 2 bridgehead atoms. The average molecular weight is 457 g/mol. The van der Waals surface area contributed by atoms with Crippen molar-refractivity contribution in [1.82, 2.24) is 14.8 Å². The number of fused-ring (bicyclic) bond motifs is 4. The molecule has 1 fully saturated rings. The molecule has 4 atom stereocenters. The number of hydrogen-bond donors (Lipinski definition) is 2. The fraction of sp³-hybridized carbons (Fsp3) is 0.458. The maximum atomic E-state index is 13.2. The first kappa shape index (κ1) is 22.4. The minimum absolute atomic E-state index is 0.0182. The number of nitrogens with zero attached hydrogens (tertiary/aromatic N) is 2. The molecule has 2 aliphatic heterocycles. The van der Waals surface area contributed by atoms with Gasteiger partial charge in [0.05, 0.1) is 0 Å². The molecule has 7 nitrogen and oxygen atoms in total. The van der Waals surface area contributed by atoms with Crippen molar-refractivity contribution in [3.05, 3.63) is 63.5 Å². The largest absolute Gasteiger partial charge is 0.326 e. The van der Waals surface area contributed by atoms with Gasteiger partial charge in [0, 0.05) is 48.0 Å². The lowest BCUT2D eigenvalue weighted by Crippen LogP contribution is -2.56. The number of pyridine rings is 1. The van der Waals surface area contributed by atoms with Gasteiger partial charge in [-0.3, -0.25) is 9.59 Å². The molecule has 0 spiro atoms. The van der Waals surface area contributed by atoms with Gasteiger partial charge in [-0.25, -0.2) is 4.79 Å². The molecule has 2 aliphatic rings. The van der Waals surface area contributed by atoms with Crippen LogP contribution < -0.4 is 16.2 Å². The molecule has 2 N–H and O–H groups in total. The molecule has 8 heteroatoms. The summed E-state index contributed by atoms with van der Waals surface area (Å²) in [6.45, 7) is 5.69. The van der Waals surface area contributed by atoms with Gasteiger partial charge in [-0.1, -0.05) is 44.0 Å². The van der Waals surface area contributed by atoms with Crippen LogP contribution in [-0.2, 0) is 11.3 Å². The lowest BCUT2D eigenvalue weighted by molar-refractivity contribution is -0.119. The molecule has 4 rings (SSSR count). The Morgan fingerprint density at radius 2 is 1.94 bits per heavy atom. The Kier molecular flexibility index (Phi) is 6.55. The number of carbonyl (C=O) groups is 2. The second-order valence-corrected chi connectivity index (χ2v) is 9.35. The number of aromatic nitrogens is 1. The zero-order valence-electron chi connectivity index (χ0n) is 18.4. The maximum Gasteiger partial charge on any atom is 0.318 e. The highest BCUT2D eigenvalue weighted by Gasteiger charge is 2.37. The van der Waals surface area contributed by atoms with E-state index in [-0.39, 0.29) is 35.3 Å². The summed E-state index contributed by atoms with van der Waals surface area (Å²) in [6.07, 6.45) is 1.72. The van der Waals surface area contributed by atoms with Crippen LogP contribution in [0.3, 0.4) is 0 Å². The van der Waals surface area contributed by atoms with Crippen LogP contribution in [0.1, 0.15) is 38.3 Å². The van der Waals surface area contributed by atoms with Gasteiger partial charge < -0.3 is 20.1 Å². The number of nitrogens with one attached hydrogen (secondary N) is 2. The van der Waals surface area contributed by atoms with Gasteiger partial charge in [-0.05, 0) is 42.5 Å². The molecule has 0 aliphatic carbocycles. The van der Waals surface area contributed by atoms with Gasteiger partial charge in [0.15, 0.2) is 0 Å². The van der Waals surface area contributed by atoms with Crippen LogP contribution in [0, 0.1) is 11.8 Å². The summed E-state index contributed by atoms with van der Waals surface area (Å²) in [5, 5.41) is 6.37. The van der Waals surface area contributed by atoms with Crippen LogP contribution in [0.2, 0.25) is 5.02 Å². The van der Waals surface area contributed by atoms with E-state index in [1.54, 1.807) is 41.3 Å². The molecule has 170 valence electrons. The zero-order valence-corrected chi connectivity index (χ0v) is 19.1. The third kappa shape index (κ3) is 4.67. The Labute approximate surface area is 192 Å². The number of urea groups is 1. The minimum atomic E-state index is -0.664. The van der Waals surface area contributed by atoms with Gasteiger partial charge in [0.25, 0.3) is 5.56 Å². The average Bonchev–Trinajstić information content (AvgIpc) is 2.77. The van der Waals surface area contributed by atoms with Gasteiger partial charge in [-0.15, -0.1) is 0 Å². The third-order valence-electron chi connectivity index (χ3n) is 6.63. The molecule has 3 heterocycles. The summed E-state index contributed by atoms with van der Waals surface area (Å²) in [7, 11) is 0. The maximum absolute atomic E-state index is 13.2. The monoisotopic (exact) mass is 456 g/mol. The van der Waals surface area contributed by atoms with Crippen molar-refractivity contribution in [2.24, 2.45) is 11.8 Å². The zero-order chi connectivity index (χ0) is 22.8. The van der Waals surface area contributed by atoms with Gasteiger partial charge in [0.2, 0.25) is 5.91 Å². The topological polar surface area (TPSA) is 83.4 Å². The number of rotatable bonds is 5. The Morgan fingerprint density at radius 3 is 2.69 bits per heavy atom. The Bertz CT molecular complexity index is 1070. The van der Waals surface area contributed by atoms with Crippen LogP contribution in [0.5, 0.6) is 0 Å². The van der Waals surface area contributed by atoms with E-state index in [0.29, 0.717) is 30.3 Å². The molecule has 1 aromatic heterocycles. The number of benzene rings is 1. The van der Waals surface area contributed by atoms with E-state index >= 15 is 0 Å². The number of likely N-dealkylation sites (tertiary alicyclic amines) is 1. The quantitative estimate of drug-likeness (QED) is 0.719. The Morgan fingerprint density at radius 1 is 1.16 bits per heavy atom. The van der Waals surface area contributed by atoms with E-state index in [1.807, 2.05) is 24.5 Å². The Hall–Kier alpha value is -2.80. The van der Waals surface area contributed by atoms with Crippen LogP contribution in [0.4, 0.5) is 10.5 Å². The van der Waals surface area contributed by atoms with Crippen LogP contribution in [-0.4, -0.2) is 40.5 Å². The molecule has 0 unspecified atom stereocenters. The van der Waals surface area contributed by atoms with Crippen LogP contribution >= 0.6 is 11.6 Å². The molecular weight excluding hydrogens is 428 g/mol. The van der Waals surface area contributed by atoms with Gasteiger partial charge >= 0.3 is 6.03 Å². The second kappa shape index (κ2) is 9.36. The summed E-state index contributed by atoms with van der Waals surface area (Å²) in [4.78, 5) is 40.2. The third-order valence-corrected chi connectivity index (χ3v) is 6.87. The fourth-order valence-electron chi connectivity index (χ4n) is 4.77. The van der Waals surface area contributed by atoms with Crippen molar-refractivity contribution >= 4 is 29.2 Å². The van der Waals surface area contributed by atoms with E-state index in [4.69, 9.17) is 11.6 Å². The number of hydrogen-bond acceptors (Lipinski definition) is 3. The summed E-state index contributed by atoms with van der Waals surface area (Å²) >= 11 is 6.03. The number of halogens is 1. The number of anilines is 1. The van der Waals surface area contributed by atoms with Crippen molar-refractivity contribution in [2.75, 3.05) is 18.4 Å². The highest BCUT2D eigenvalue weighted by Crippen LogP contribution is 2.35. The molecule has 0 radical (unpaired) electrons. The number of amides is 3. The van der Waals surface area contributed by atoms with Gasteiger partial charge in [-0.2, -0.15) is 0 Å². The smallest absolute Gasteiger partial charge is 0.318 e. The number of carbonyl (C=O) groups excluding carboxylic acids is 2. The van der Waals surface area contributed by atoms with Crippen LogP contribution in [0.15, 0.2) is 47.3 Å². The molecular formula is C24H29ClN4O3. The minimum Gasteiger partial charge on any atom is -0.326 e. The van der Waals surface area contributed by atoms with E-state index in [2.05, 4.69) is 10.6 Å². The predicted octanol–water partition coefficient (Wildman–Crippen LogP) is 3.68. The summed E-state index contributed by atoms with van der Waals surface area (Å²) in [5.74, 6) is 0.0599. The first-order valence-electron chi connectivity index (χ1n) is 11.2. The lowest BCUT2D eigenvalue weighted by atomic mass is 9.83. The fourth-order valence-corrected chi connectivity index (χ4v) is 4.97. The van der Waals surface area contributed by atoms with Gasteiger partial charge in [0.1, 0.15) is 6.04 Å². The summed E-state index contributed by atoms with van der Waals surface area (Å²) in [6, 6.07) is 11.4. The molecule has 32 heavy (non-hydrogen) atoms. The standard InChI is InChI=1S/C24H29ClN4O3/c1-3-15(2)22(23(31)26-19-7-4-6-18(25)11-19)27-24(32)28-12-16-10-17(14-28)20-8-5-9-21(30)29(20)13-16/h4-9,11,15-17,22H,3,10,12-14H2,1-2H3,(H,26,31)(H,27,32)/t15-,16+,17+,22+/m1/s1. The first-order valence-corrected chi connectivity index (χ1v) is 11.5. The van der Waals surface area contributed by atoms with Crippen molar-refractivity contribution in [1.29, 1.82) is 0 Å². The van der Waals surface area contributed by atoms with E-state index in [0.717, 1.165) is 18.5 Å². The highest BCUT2D eigenvalue weighted by atomic mass is 35.5. The van der Waals surface area contributed by atoms with Crippen molar-refractivity contribution in [3.8, 4) is 0 Å². The molecule has 2 aromatic rings. The SMILES string of the molecule is CC[C@@H](C)[C@H](NC(=O)N1C[C@@H]2C[C@@H](C1)c1cccc(=O)n1C2)C(=O)Nc1cccc(Cl)c1. The summed E-state index contributed by atoms with van der Waals surface area (Å²) in [5.41, 5.74) is 1.60. The second-order valence-electron chi connectivity index (χ2n) is 8.92. The summed E-state index contributed by atoms with van der Waals surface area (Å²) < 4.78 is 1.84. The van der Waals surface area contributed by atoms with E-state index < -0.39 is 6.04 Å². The molecule has 0 saturated carbocycles.